The van der Waals surface area contributed by atoms with Gasteiger partial charge < -0.3 is 25.0 Å². The molecule has 0 unspecified atom stereocenters. The minimum Gasteiger partial charge on any atom is -0.493 e. The fraction of sp³-hybridized carbons (Fsp3) is 0.682. The van der Waals surface area contributed by atoms with Crippen molar-refractivity contribution in [3.63, 3.8) is 0 Å². The number of hydrogen-bond acceptors (Lipinski definition) is 4. The van der Waals surface area contributed by atoms with Crippen LogP contribution in [0.1, 0.15) is 44.2 Å². The Balaban J connectivity index is 2.41. The van der Waals surface area contributed by atoms with Crippen LogP contribution in [-0.2, 0) is 11.3 Å². The van der Waals surface area contributed by atoms with Gasteiger partial charge >= 0.3 is 0 Å². The van der Waals surface area contributed by atoms with Gasteiger partial charge in [-0.05, 0) is 51.0 Å². The molecule has 0 aliphatic carbocycles. The van der Waals surface area contributed by atoms with Crippen molar-refractivity contribution in [2.75, 3.05) is 53.6 Å². The molecule has 6 heteroatoms. The van der Waals surface area contributed by atoms with E-state index in [4.69, 9.17) is 9.47 Å². The summed E-state index contributed by atoms with van der Waals surface area (Å²) < 4.78 is 11.0. The summed E-state index contributed by atoms with van der Waals surface area (Å²) in [5.41, 5.74) is 2.33. The van der Waals surface area contributed by atoms with E-state index in [1.165, 1.54) is 12.0 Å². The number of aryl methyl sites for hydroxylation is 1. The lowest BCUT2D eigenvalue weighted by Gasteiger charge is -2.18. The summed E-state index contributed by atoms with van der Waals surface area (Å²) in [5, 5.41) is 6.80. The number of rotatable bonds is 14. The lowest BCUT2D eigenvalue weighted by atomic mass is 10.1. The standard InChI is InChI=1S/C22H40N4O2/c1-6-26(7-2)14-9-8-13-24-22(23-4)25-18-20-12-11-19(3)17-21(20)28-16-10-15-27-5/h11-12,17H,6-10,13-16,18H2,1-5H3,(H2,23,24,25). The van der Waals surface area contributed by atoms with Crippen molar-refractivity contribution in [3.8, 4) is 5.75 Å². The third-order valence-electron chi connectivity index (χ3n) is 4.73. The van der Waals surface area contributed by atoms with Crippen molar-refractivity contribution in [1.29, 1.82) is 0 Å². The molecule has 0 heterocycles. The molecule has 0 saturated heterocycles. The maximum atomic E-state index is 5.96. The van der Waals surface area contributed by atoms with E-state index >= 15 is 0 Å². The van der Waals surface area contributed by atoms with E-state index in [1.807, 2.05) is 7.05 Å². The molecule has 2 N–H and O–H groups in total. The summed E-state index contributed by atoms with van der Waals surface area (Å²) in [6, 6.07) is 6.32. The lowest BCUT2D eigenvalue weighted by Crippen LogP contribution is -2.37. The molecule has 0 saturated carbocycles. The third kappa shape index (κ3) is 9.95. The minimum atomic E-state index is 0.657. The average Bonchev–Trinajstić information content (AvgIpc) is 2.71. The highest BCUT2D eigenvalue weighted by molar-refractivity contribution is 5.79. The number of benzene rings is 1. The van der Waals surface area contributed by atoms with Crippen LogP contribution in [0.4, 0.5) is 0 Å². The van der Waals surface area contributed by atoms with Crippen LogP contribution in [0.25, 0.3) is 0 Å². The Labute approximate surface area is 171 Å². The molecule has 0 radical (unpaired) electrons. The second-order valence-electron chi connectivity index (χ2n) is 6.89. The first-order valence-corrected chi connectivity index (χ1v) is 10.5. The van der Waals surface area contributed by atoms with Gasteiger partial charge in [0.1, 0.15) is 5.75 Å². The predicted molar refractivity (Wildman–Crippen MR) is 118 cm³/mol. The van der Waals surface area contributed by atoms with Crippen molar-refractivity contribution in [2.24, 2.45) is 4.99 Å². The van der Waals surface area contributed by atoms with Gasteiger partial charge in [0.2, 0.25) is 0 Å². The van der Waals surface area contributed by atoms with Gasteiger partial charge in [-0.15, -0.1) is 0 Å². The quantitative estimate of drug-likeness (QED) is 0.289. The van der Waals surface area contributed by atoms with Crippen molar-refractivity contribution in [1.82, 2.24) is 15.5 Å². The van der Waals surface area contributed by atoms with Crippen molar-refractivity contribution in [2.45, 2.75) is 46.6 Å². The van der Waals surface area contributed by atoms with E-state index in [0.717, 1.165) is 56.3 Å². The van der Waals surface area contributed by atoms with E-state index in [0.29, 0.717) is 19.8 Å². The minimum absolute atomic E-state index is 0.657. The molecule has 0 fully saturated rings. The molecule has 1 aromatic carbocycles. The molecule has 0 aliphatic heterocycles. The van der Waals surface area contributed by atoms with Crippen LogP contribution in [0.15, 0.2) is 23.2 Å². The average molecular weight is 393 g/mol. The number of guanidine groups is 1. The van der Waals surface area contributed by atoms with Crippen LogP contribution in [0, 0.1) is 6.92 Å². The molecule has 160 valence electrons. The zero-order valence-electron chi connectivity index (χ0n) is 18.5. The molecule has 0 spiro atoms. The molecule has 1 rings (SSSR count). The second-order valence-corrected chi connectivity index (χ2v) is 6.89. The molecular formula is C22H40N4O2. The zero-order valence-corrected chi connectivity index (χ0v) is 18.5. The number of hydrogen-bond donors (Lipinski definition) is 2. The molecule has 0 amide bonds. The molecule has 0 bridgehead atoms. The summed E-state index contributed by atoms with van der Waals surface area (Å²) >= 11 is 0. The number of aliphatic imine (C=N–C) groups is 1. The lowest BCUT2D eigenvalue weighted by molar-refractivity contribution is 0.171. The first-order valence-electron chi connectivity index (χ1n) is 10.5. The maximum Gasteiger partial charge on any atom is 0.191 e. The molecule has 28 heavy (non-hydrogen) atoms. The summed E-state index contributed by atoms with van der Waals surface area (Å²) in [7, 11) is 3.52. The summed E-state index contributed by atoms with van der Waals surface area (Å²) in [4.78, 5) is 6.79. The molecule has 1 aromatic rings. The Morgan fingerprint density at radius 2 is 1.86 bits per heavy atom. The fourth-order valence-electron chi connectivity index (χ4n) is 2.93. The predicted octanol–water partition coefficient (Wildman–Crippen LogP) is 3.20. The zero-order chi connectivity index (χ0) is 20.6. The van der Waals surface area contributed by atoms with Crippen LogP contribution < -0.4 is 15.4 Å². The van der Waals surface area contributed by atoms with Crippen LogP contribution >= 0.6 is 0 Å². The van der Waals surface area contributed by atoms with Crippen LogP contribution in [0.2, 0.25) is 0 Å². The number of ether oxygens (including phenoxy) is 2. The highest BCUT2D eigenvalue weighted by Crippen LogP contribution is 2.20. The van der Waals surface area contributed by atoms with Crippen LogP contribution in [-0.4, -0.2) is 64.4 Å². The Morgan fingerprint density at radius 1 is 1.07 bits per heavy atom. The first-order chi connectivity index (χ1) is 13.6. The summed E-state index contributed by atoms with van der Waals surface area (Å²) in [6.07, 6.45) is 3.21. The van der Waals surface area contributed by atoms with Crippen LogP contribution in [0.5, 0.6) is 5.75 Å². The summed E-state index contributed by atoms with van der Waals surface area (Å²) in [6.45, 7) is 12.9. The molecule has 6 nitrogen and oxygen atoms in total. The van der Waals surface area contributed by atoms with Gasteiger partial charge in [0.05, 0.1) is 6.61 Å². The Kier molecular flexibility index (Phi) is 13.1. The van der Waals surface area contributed by atoms with E-state index in [2.05, 4.69) is 59.5 Å². The molecule has 0 aliphatic rings. The molecule has 0 aromatic heterocycles. The molecule has 0 atom stereocenters. The van der Waals surface area contributed by atoms with Gasteiger partial charge in [0, 0.05) is 45.8 Å². The largest absolute Gasteiger partial charge is 0.493 e. The van der Waals surface area contributed by atoms with Gasteiger partial charge in [-0.25, -0.2) is 0 Å². The number of unbranched alkanes of at least 4 members (excludes halogenated alkanes) is 1. The van der Waals surface area contributed by atoms with Crippen molar-refractivity contribution < 1.29 is 9.47 Å². The SMILES string of the molecule is CCN(CC)CCCCNC(=NC)NCc1ccc(C)cc1OCCCOC. The topological polar surface area (TPSA) is 58.1 Å². The highest BCUT2D eigenvalue weighted by Gasteiger charge is 2.06. The Hall–Kier alpha value is -1.79. The number of methoxy groups -OCH3 is 1. The number of nitrogens with one attached hydrogen (secondary N) is 2. The van der Waals surface area contributed by atoms with Crippen LogP contribution in [0.3, 0.4) is 0 Å². The maximum absolute atomic E-state index is 5.96. The van der Waals surface area contributed by atoms with Gasteiger partial charge in [-0.2, -0.15) is 0 Å². The van der Waals surface area contributed by atoms with Crippen molar-refractivity contribution >= 4 is 5.96 Å². The first kappa shape index (κ1) is 24.2. The normalized spacial score (nSPS) is 11.7. The van der Waals surface area contributed by atoms with E-state index in [9.17, 15) is 0 Å². The fourth-order valence-corrected chi connectivity index (χ4v) is 2.93. The monoisotopic (exact) mass is 392 g/mol. The van der Waals surface area contributed by atoms with E-state index in [-0.39, 0.29) is 0 Å². The Morgan fingerprint density at radius 3 is 2.54 bits per heavy atom. The third-order valence-corrected chi connectivity index (χ3v) is 4.73. The highest BCUT2D eigenvalue weighted by atomic mass is 16.5. The number of nitrogens with zero attached hydrogens (tertiary/aromatic N) is 2. The van der Waals surface area contributed by atoms with E-state index in [1.54, 1.807) is 7.11 Å². The van der Waals surface area contributed by atoms with Crippen molar-refractivity contribution in [3.05, 3.63) is 29.3 Å². The molecular weight excluding hydrogens is 352 g/mol. The van der Waals surface area contributed by atoms with Gasteiger partial charge in [0.15, 0.2) is 5.96 Å². The van der Waals surface area contributed by atoms with Gasteiger partial charge in [0.25, 0.3) is 0 Å². The smallest absolute Gasteiger partial charge is 0.191 e. The summed E-state index contributed by atoms with van der Waals surface area (Å²) in [5.74, 6) is 1.76. The van der Waals surface area contributed by atoms with Gasteiger partial charge in [-0.3, -0.25) is 4.99 Å². The second kappa shape index (κ2) is 15.2. The van der Waals surface area contributed by atoms with Gasteiger partial charge in [-0.1, -0.05) is 26.0 Å². The Bertz CT molecular complexity index is 559. The van der Waals surface area contributed by atoms with E-state index < -0.39 is 0 Å².